The predicted molar refractivity (Wildman–Crippen MR) is 172 cm³/mol. The van der Waals surface area contributed by atoms with Crippen LogP contribution in [0.1, 0.15) is 118 Å². The Labute approximate surface area is 260 Å². The van der Waals surface area contributed by atoms with E-state index in [1.807, 2.05) is 6.92 Å². The molecule has 5 aliphatic carbocycles. The van der Waals surface area contributed by atoms with Crippen LogP contribution in [0.3, 0.4) is 0 Å². The highest BCUT2D eigenvalue weighted by atomic mass is 16.5. The largest absolute Gasteiger partial charge is 0.481 e. The highest BCUT2D eigenvalue weighted by Gasteiger charge is 2.70. The van der Waals surface area contributed by atoms with Crippen LogP contribution in [-0.2, 0) is 20.7 Å². The zero-order valence-corrected chi connectivity index (χ0v) is 27.9. The van der Waals surface area contributed by atoms with Gasteiger partial charge in [0.15, 0.2) is 5.78 Å². The van der Waals surface area contributed by atoms with Crippen LogP contribution in [0, 0.1) is 50.2 Å². The molecule has 4 nitrogen and oxygen atoms in total. The number of carbonyl (C=O) groups is 2. The number of hydrogen-bond donors (Lipinski definition) is 1. The van der Waals surface area contributed by atoms with E-state index in [1.165, 1.54) is 11.1 Å². The van der Waals surface area contributed by atoms with Gasteiger partial charge in [-0.1, -0.05) is 77.4 Å². The lowest BCUT2D eigenvalue weighted by Gasteiger charge is -2.70. The van der Waals surface area contributed by atoms with E-state index in [0.717, 1.165) is 70.8 Å². The van der Waals surface area contributed by atoms with Gasteiger partial charge in [-0.05, 0) is 128 Å². The topological polar surface area (TPSA) is 63.6 Å². The van der Waals surface area contributed by atoms with Crippen LogP contribution in [0.5, 0.6) is 0 Å². The van der Waals surface area contributed by atoms with Crippen molar-refractivity contribution >= 4 is 11.8 Å². The normalized spacial score (nSPS) is 45.2. The Kier molecular flexibility index (Phi) is 7.43. The average Bonchev–Trinajstić information content (AvgIpc) is 2.94. The number of benzene rings is 1. The predicted octanol–water partition coefficient (Wildman–Crippen LogP) is 9.07. The second-order valence-corrected chi connectivity index (χ2v) is 17.4. The van der Waals surface area contributed by atoms with Crippen molar-refractivity contribution in [3.05, 3.63) is 47.5 Å². The maximum absolute atomic E-state index is 14.6. The minimum atomic E-state index is -0.711. The Hall–Kier alpha value is -1.94. The van der Waals surface area contributed by atoms with E-state index >= 15 is 0 Å². The zero-order valence-electron chi connectivity index (χ0n) is 27.9. The van der Waals surface area contributed by atoms with Crippen LogP contribution in [0.4, 0.5) is 0 Å². The van der Waals surface area contributed by atoms with Gasteiger partial charge in [-0.3, -0.25) is 9.59 Å². The third-order valence-electron chi connectivity index (χ3n) is 14.8. The SMILES string of the molecule is CC1(C)C2CC[C@]3(C)C(C(=O)C=C4[C@@H]5C[C@@](C)(C(=O)O)CC[C@]5(C)CC[C@]43C)[C@@]2(C)CC[C@H]1OCCCc1ccccc1. The van der Waals surface area contributed by atoms with Gasteiger partial charge in [0.05, 0.1) is 11.5 Å². The maximum Gasteiger partial charge on any atom is 0.309 e. The van der Waals surface area contributed by atoms with Gasteiger partial charge in [-0.2, -0.15) is 0 Å². The summed E-state index contributed by atoms with van der Waals surface area (Å²) < 4.78 is 6.67. The number of carboxylic acids is 1. The maximum atomic E-state index is 14.6. The molecular formula is C39H56O4. The first kappa shape index (κ1) is 31.1. The van der Waals surface area contributed by atoms with Gasteiger partial charge in [0.2, 0.25) is 0 Å². The first-order valence-corrected chi connectivity index (χ1v) is 17.3. The van der Waals surface area contributed by atoms with Gasteiger partial charge in [-0.15, -0.1) is 0 Å². The fourth-order valence-corrected chi connectivity index (χ4v) is 11.8. The number of carboxylic acid groups (broad SMARTS) is 1. The van der Waals surface area contributed by atoms with Gasteiger partial charge >= 0.3 is 5.97 Å². The lowest BCUT2D eigenvalue weighted by molar-refractivity contribution is -0.209. The fraction of sp³-hybridized carbons (Fsp3) is 0.744. The molecule has 0 spiro atoms. The molecule has 5 aliphatic rings. The number of carbonyl (C=O) groups excluding carboxylic acids is 1. The van der Waals surface area contributed by atoms with Crippen LogP contribution in [0.25, 0.3) is 0 Å². The fourth-order valence-electron chi connectivity index (χ4n) is 11.8. The van der Waals surface area contributed by atoms with Gasteiger partial charge in [0.25, 0.3) is 0 Å². The second kappa shape index (κ2) is 10.3. The first-order chi connectivity index (χ1) is 20.1. The van der Waals surface area contributed by atoms with Gasteiger partial charge in [0, 0.05) is 12.5 Å². The smallest absolute Gasteiger partial charge is 0.309 e. The molecule has 0 heterocycles. The lowest BCUT2D eigenvalue weighted by atomic mass is 9.33. The Morgan fingerprint density at radius 1 is 0.907 bits per heavy atom. The minimum absolute atomic E-state index is 0.00403. The number of fused-ring (bicyclic) bond motifs is 7. The van der Waals surface area contributed by atoms with E-state index in [0.29, 0.717) is 18.1 Å². The van der Waals surface area contributed by atoms with Crippen molar-refractivity contribution in [3.8, 4) is 0 Å². The number of ketones is 1. The Bertz CT molecular complexity index is 1300. The van der Waals surface area contributed by atoms with Gasteiger partial charge < -0.3 is 9.84 Å². The molecule has 4 heteroatoms. The summed E-state index contributed by atoms with van der Waals surface area (Å²) in [5, 5.41) is 10.2. The summed E-state index contributed by atoms with van der Waals surface area (Å²) in [5.74, 6) is 0.261. The zero-order chi connectivity index (χ0) is 31.1. The van der Waals surface area contributed by atoms with Gasteiger partial charge in [-0.25, -0.2) is 0 Å². The van der Waals surface area contributed by atoms with Crippen molar-refractivity contribution in [1.82, 2.24) is 0 Å². The second-order valence-electron chi connectivity index (χ2n) is 17.4. The van der Waals surface area contributed by atoms with Crippen molar-refractivity contribution in [2.24, 2.45) is 50.2 Å². The summed E-state index contributed by atoms with van der Waals surface area (Å²) in [6.45, 7) is 17.3. The van der Waals surface area contributed by atoms with E-state index < -0.39 is 11.4 Å². The van der Waals surface area contributed by atoms with Crippen LogP contribution < -0.4 is 0 Å². The molecule has 0 aromatic heterocycles. The Morgan fingerprint density at radius 2 is 1.60 bits per heavy atom. The highest BCUT2D eigenvalue weighted by molar-refractivity contribution is 5.95. The molecule has 4 saturated carbocycles. The van der Waals surface area contributed by atoms with Crippen LogP contribution in [-0.4, -0.2) is 29.6 Å². The third-order valence-corrected chi connectivity index (χ3v) is 14.8. The molecule has 1 N–H and O–H groups in total. The molecule has 0 amide bonds. The molecule has 2 unspecified atom stereocenters. The molecular weight excluding hydrogens is 532 g/mol. The molecule has 9 atom stereocenters. The van der Waals surface area contributed by atoms with E-state index in [2.05, 4.69) is 78.0 Å². The van der Waals surface area contributed by atoms with Gasteiger partial charge in [0.1, 0.15) is 0 Å². The van der Waals surface area contributed by atoms with Crippen molar-refractivity contribution in [1.29, 1.82) is 0 Å². The summed E-state index contributed by atoms with van der Waals surface area (Å²) in [4.78, 5) is 27.0. The molecule has 0 bridgehead atoms. The summed E-state index contributed by atoms with van der Waals surface area (Å²) in [6, 6.07) is 10.7. The summed E-state index contributed by atoms with van der Waals surface area (Å²) in [5.41, 5.74) is 1.80. The minimum Gasteiger partial charge on any atom is -0.481 e. The van der Waals surface area contributed by atoms with E-state index in [9.17, 15) is 14.7 Å². The number of rotatable bonds is 6. The van der Waals surface area contributed by atoms with E-state index in [4.69, 9.17) is 4.74 Å². The van der Waals surface area contributed by atoms with Crippen molar-refractivity contribution in [3.63, 3.8) is 0 Å². The average molecular weight is 589 g/mol. The number of ether oxygens (including phenoxy) is 1. The van der Waals surface area contributed by atoms with E-state index in [-0.39, 0.29) is 45.0 Å². The van der Waals surface area contributed by atoms with E-state index in [1.54, 1.807) is 0 Å². The third kappa shape index (κ3) is 4.54. The Morgan fingerprint density at radius 3 is 2.30 bits per heavy atom. The van der Waals surface area contributed by atoms with Crippen molar-refractivity contribution in [2.75, 3.05) is 6.61 Å². The molecule has 236 valence electrons. The lowest BCUT2D eigenvalue weighted by Crippen LogP contribution is -2.66. The molecule has 6 rings (SSSR count). The molecule has 43 heavy (non-hydrogen) atoms. The summed E-state index contributed by atoms with van der Waals surface area (Å²) in [7, 11) is 0. The highest BCUT2D eigenvalue weighted by Crippen LogP contribution is 2.75. The molecule has 0 aliphatic heterocycles. The van der Waals surface area contributed by atoms with Crippen molar-refractivity contribution < 1.29 is 19.4 Å². The quantitative estimate of drug-likeness (QED) is 0.337. The molecule has 4 fully saturated rings. The molecule has 1 aromatic rings. The Balaban J connectivity index is 1.26. The summed E-state index contributed by atoms with van der Waals surface area (Å²) in [6.07, 6.45) is 13.2. The molecule has 0 radical (unpaired) electrons. The monoisotopic (exact) mass is 588 g/mol. The molecule has 0 saturated heterocycles. The number of aliphatic carboxylic acids is 1. The van der Waals surface area contributed by atoms with Crippen LogP contribution in [0.15, 0.2) is 42.0 Å². The van der Waals surface area contributed by atoms with Crippen molar-refractivity contribution in [2.45, 2.75) is 125 Å². The van der Waals surface area contributed by atoms with Crippen LogP contribution >= 0.6 is 0 Å². The molecule has 1 aromatic carbocycles. The number of allylic oxidation sites excluding steroid dienone is 2. The standard InChI is InChI=1S/C39H56O4/c1-34(2)30-15-18-39(7)32(37(30,5)17-16-31(34)43-23-11-14-26-12-9-8-10-13-26)29(40)24-27-28-25-36(4,33(41)42)20-19-35(28,3)21-22-38(27,39)6/h8-10,12-13,24,28,30-32H,11,14-23,25H2,1-7H3,(H,41,42)/t28-,30?,31+,32?,35+,36-,37-,38+,39+/m0/s1. The first-order valence-electron chi connectivity index (χ1n) is 17.3. The summed E-state index contributed by atoms with van der Waals surface area (Å²) >= 11 is 0. The number of aryl methyl sites for hydroxylation is 1. The van der Waals surface area contributed by atoms with Crippen LogP contribution in [0.2, 0.25) is 0 Å². The number of hydrogen-bond acceptors (Lipinski definition) is 3.